The van der Waals surface area contributed by atoms with Crippen molar-refractivity contribution in [3.63, 3.8) is 0 Å². The first-order chi connectivity index (χ1) is 9.60. The second kappa shape index (κ2) is 7.07. The van der Waals surface area contributed by atoms with E-state index in [0.717, 1.165) is 5.56 Å². The molecular formula is C16H15Cl2FO. The summed E-state index contributed by atoms with van der Waals surface area (Å²) in [6.07, 6.45) is 1.06. The molecule has 20 heavy (non-hydrogen) atoms. The third kappa shape index (κ3) is 3.95. The Morgan fingerprint density at radius 3 is 2.35 bits per heavy atom. The van der Waals surface area contributed by atoms with E-state index in [4.69, 9.17) is 23.2 Å². The normalized spacial score (nSPS) is 12.4. The zero-order valence-electron chi connectivity index (χ0n) is 10.8. The Bertz CT molecular complexity index is 586. The highest BCUT2D eigenvalue weighted by Crippen LogP contribution is 2.23. The van der Waals surface area contributed by atoms with Gasteiger partial charge in [0, 0.05) is 16.7 Å². The molecule has 0 aromatic heterocycles. The van der Waals surface area contributed by atoms with Crippen molar-refractivity contribution in [2.75, 3.05) is 6.61 Å². The molecule has 0 aliphatic heterocycles. The number of rotatable bonds is 5. The van der Waals surface area contributed by atoms with Crippen molar-refractivity contribution in [2.24, 2.45) is 5.92 Å². The SMILES string of the molecule is OCC(Cc1ccc(Cl)cc1F)Cc1ccccc1Cl. The van der Waals surface area contributed by atoms with Gasteiger partial charge >= 0.3 is 0 Å². The number of hydrogen-bond acceptors (Lipinski definition) is 1. The van der Waals surface area contributed by atoms with Gasteiger partial charge in [0.2, 0.25) is 0 Å². The van der Waals surface area contributed by atoms with Crippen molar-refractivity contribution in [1.29, 1.82) is 0 Å². The number of benzene rings is 2. The number of aliphatic hydroxyl groups excluding tert-OH is 1. The summed E-state index contributed by atoms with van der Waals surface area (Å²) in [4.78, 5) is 0. The highest BCUT2D eigenvalue weighted by Gasteiger charge is 2.14. The highest BCUT2D eigenvalue weighted by molar-refractivity contribution is 6.31. The molecule has 0 fully saturated rings. The molecule has 0 bridgehead atoms. The van der Waals surface area contributed by atoms with E-state index >= 15 is 0 Å². The maximum atomic E-state index is 13.8. The molecule has 2 aromatic carbocycles. The largest absolute Gasteiger partial charge is 0.396 e. The monoisotopic (exact) mass is 312 g/mol. The van der Waals surface area contributed by atoms with Crippen LogP contribution in [0.15, 0.2) is 42.5 Å². The van der Waals surface area contributed by atoms with Crippen LogP contribution in [0.5, 0.6) is 0 Å². The third-order valence-corrected chi connectivity index (χ3v) is 3.85. The van der Waals surface area contributed by atoms with E-state index in [-0.39, 0.29) is 18.3 Å². The first kappa shape index (κ1) is 15.3. The minimum Gasteiger partial charge on any atom is -0.396 e. The molecule has 1 nitrogen and oxygen atoms in total. The van der Waals surface area contributed by atoms with Gasteiger partial charge in [-0.05, 0) is 48.1 Å². The van der Waals surface area contributed by atoms with Gasteiger partial charge < -0.3 is 5.11 Å². The fourth-order valence-corrected chi connectivity index (χ4v) is 2.55. The summed E-state index contributed by atoms with van der Waals surface area (Å²) in [6, 6.07) is 12.1. The summed E-state index contributed by atoms with van der Waals surface area (Å²) < 4.78 is 13.8. The summed E-state index contributed by atoms with van der Waals surface area (Å²) >= 11 is 11.8. The van der Waals surface area contributed by atoms with Crippen LogP contribution in [0.4, 0.5) is 4.39 Å². The Kier molecular flexibility index (Phi) is 5.41. The van der Waals surface area contributed by atoms with E-state index in [1.54, 1.807) is 12.1 Å². The van der Waals surface area contributed by atoms with Crippen molar-refractivity contribution in [2.45, 2.75) is 12.8 Å². The van der Waals surface area contributed by atoms with Crippen molar-refractivity contribution in [3.05, 3.63) is 69.5 Å². The maximum Gasteiger partial charge on any atom is 0.127 e. The molecule has 0 amide bonds. The van der Waals surface area contributed by atoms with Crippen LogP contribution in [0.3, 0.4) is 0 Å². The van der Waals surface area contributed by atoms with Gasteiger partial charge in [-0.1, -0.05) is 47.5 Å². The van der Waals surface area contributed by atoms with Gasteiger partial charge in [-0.25, -0.2) is 4.39 Å². The van der Waals surface area contributed by atoms with Crippen LogP contribution in [0.2, 0.25) is 10.0 Å². The molecule has 2 aromatic rings. The van der Waals surface area contributed by atoms with Crippen LogP contribution in [0, 0.1) is 11.7 Å². The summed E-state index contributed by atoms with van der Waals surface area (Å²) in [6.45, 7) is -0.0205. The van der Waals surface area contributed by atoms with E-state index in [9.17, 15) is 9.50 Å². The molecule has 0 spiro atoms. The Hall–Kier alpha value is -1.09. The Morgan fingerprint density at radius 2 is 1.70 bits per heavy atom. The number of halogens is 3. The van der Waals surface area contributed by atoms with Crippen molar-refractivity contribution >= 4 is 23.2 Å². The quantitative estimate of drug-likeness (QED) is 0.860. The lowest BCUT2D eigenvalue weighted by Gasteiger charge is -2.15. The molecule has 0 saturated carbocycles. The van der Waals surface area contributed by atoms with Gasteiger partial charge in [-0.2, -0.15) is 0 Å². The third-order valence-electron chi connectivity index (χ3n) is 3.25. The predicted octanol–water partition coefficient (Wildman–Crippen LogP) is 4.53. The molecule has 1 atom stereocenters. The topological polar surface area (TPSA) is 20.2 Å². The lowest BCUT2D eigenvalue weighted by atomic mass is 9.93. The van der Waals surface area contributed by atoms with Gasteiger partial charge in [-0.3, -0.25) is 0 Å². The van der Waals surface area contributed by atoms with Gasteiger partial charge in [0.1, 0.15) is 5.82 Å². The molecule has 0 aliphatic rings. The zero-order chi connectivity index (χ0) is 14.5. The first-order valence-electron chi connectivity index (χ1n) is 6.38. The van der Waals surface area contributed by atoms with Crippen LogP contribution < -0.4 is 0 Å². The van der Waals surface area contributed by atoms with E-state index in [2.05, 4.69) is 0 Å². The molecular weight excluding hydrogens is 298 g/mol. The van der Waals surface area contributed by atoms with Crippen LogP contribution in [-0.4, -0.2) is 11.7 Å². The molecule has 1 N–H and O–H groups in total. The summed E-state index contributed by atoms with van der Waals surface area (Å²) in [5, 5.41) is 10.5. The van der Waals surface area contributed by atoms with E-state index in [1.807, 2.05) is 24.3 Å². The van der Waals surface area contributed by atoms with Crippen LogP contribution in [-0.2, 0) is 12.8 Å². The minimum atomic E-state index is -0.338. The Morgan fingerprint density at radius 1 is 1.00 bits per heavy atom. The Balaban J connectivity index is 2.11. The number of aliphatic hydroxyl groups is 1. The molecule has 0 saturated heterocycles. The smallest absolute Gasteiger partial charge is 0.127 e. The van der Waals surface area contributed by atoms with Crippen LogP contribution >= 0.6 is 23.2 Å². The summed E-state index contributed by atoms with van der Waals surface area (Å²) in [5.74, 6) is -0.416. The van der Waals surface area contributed by atoms with Crippen molar-refractivity contribution in [3.8, 4) is 0 Å². The van der Waals surface area contributed by atoms with Gasteiger partial charge in [0.25, 0.3) is 0 Å². The second-order valence-electron chi connectivity index (χ2n) is 4.78. The zero-order valence-corrected chi connectivity index (χ0v) is 12.3. The maximum absolute atomic E-state index is 13.8. The average molecular weight is 313 g/mol. The van der Waals surface area contributed by atoms with Crippen molar-refractivity contribution in [1.82, 2.24) is 0 Å². The lowest BCUT2D eigenvalue weighted by molar-refractivity contribution is 0.224. The first-order valence-corrected chi connectivity index (χ1v) is 7.14. The van der Waals surface area contributed by atoms with Gasteiger partial charge in [0.15, 0.2) is 0 Å². The lowest BCUT2D eigenvalue weighted by Crippen LogP contribution is -2.14. The standard InChI is InChI=1S/C16H15Cl2FO/c17-14-6-5-13(16(19)9-14)8-11(10-20)7-12-3-1-2-4-15(12)18/h1-6,9,11,20H,7-8,10H2. The van der Waals surface area contributed by atoms with E-state index in [0.29, 0.717) is 28.5 Å². The second-order valence-corrected chi connectivity index (χ2v) is 5.63. The summed E-state index contributed by atoms with van der Waals surface area (Å²) in [7, 11) is 0. The molecule has 0 aliphatic carbocycles. The molecule has 4 heteroatoms. The van der Waals surface area contributed by atoms with Gasteiger partial charge in [-0.15, -0.1) is 0 Å². The van der Waals surface area contributed by atoms with E-state index in [1.165, 1.54) is 6.07 Å². The molecule has 1 unspecified atom stereocenters. The van der Waals surface area contributed by atoms with Crippen LogP contribution in [0.1, 0.15) is 11.1 Å². The van der Waals surface area contributed by atoms with Gasteiger partial charge in [0.05, 0.1) is 0 Å². The molecule has 0 radical (unpaired) electrons. The highest BCUT2D eigenvalue weighted by atomic mass is 35.5. The number of hydrogen-bond donors (Lipinski definition) is 1. The molecule has 0 heterocycles. The predicted molar refractivity (Wildman–Crippen MR) is 80.8 cm³/mol. The Labute approximate surface area is 128 Å². The average Bonchev–Trinajstić information content (AvgIpc) is 2.43. The molecule has 106 valence electrons. The summed E-state index contributed by atoms with van der Waals surface area (Å²) in [5.41, 5.74) is 1.52. The fourth-order valence-electron chi connectivity index (χ4n) is 2.17. The minimum absolute atomic E-state index is 0.0205. The molecule has 2 rings (SSSR count). The van der Waals surface area contributed by atoms with Crippen molar-refractivity contribution < 1.29 is 9.50 Å². The van der Waals surface area contributed by atoms with Crippen LogP contribution in [0.25, 0.3) is 0 Å². The fraction of sp³-hybridized carbons (Fsp3) is 0.250. The van der Waals surface area contributed by atoms with E-state index < -0.39 is 0 Å².